The molecular formula is C13H15N3O. The Kier molecular flexibility index (Phi) is 2.11. The topological polar surface area (TPSA) is 70.9 Å². The maximum absolute atomic E-state index is 12.1. The van der Waals surface area contributed by atoms with Crippen molar-refractivity contribution < 1.29 is 4.79 Å². The van der Waals surface area contributed by atoms with Crippen LogP contribution in [0.15, 0.2) is 24.4 Å². The molecule has 2 aromatic rings. The van der Waals surface area contributed by atoms with Crippen molar-refractivity contribution in [2.75, 3.05) is 5.73 Å². The molecule has 88 valence electrons. The number of nitrogen functional groups attached to an aromatic ring is 1. The summed E-state index contributed by atoms with van der Waals surface area (Å²) >= 11 is 0. The summed E-state index contributed by atoms with van der Waals surface area (Å²) in [5.41, 5.74) is 8.03. The number of nitrogens with one attached hydrogen (secondary N) is 2. The van der Waals surface area contributed by atoms with E-state index in [-0.39, 0.29) is 5.91 Å². The van der Waals surface area contributed by atoms with Crippen molar-refractivity contribution >= 4 is 22.5 Å². The zero-order chi connectivity index (χ0) is 12.0. The summed E-state index contributed by atoms with van der Waals surface area (Å²) in [6.07, 6.45) is 2.82. The van der Waals surface area contributed by atoms with Crippen molar-refractivity contribution in [1.82, 2.24) is 10.3 Å². The number of carbonyl (C=O) groups excluding carboxylic acids is 1. The average Bonchev–Trinajstić information content (AvgIpc) is 2.83. The number of hydrogen-bond donors (Lipinski definition) is 3. The second-order valence-corrected chi connectivity index (χ2v) is 4.80. The minimum atomic E-state index is -0.0174. The molecule has 0 bridgehead atoms. The summed E-state index contributed by atoms with van der Waals surface area (Å²) in [5.74, 6) is 0.588. The summed E-state index contributed by atoms with van der Waals surface area (Å²) in [6, 6.07) is 5.88. The molecule has 2 atom stereocenters. The third-order valence-electron chi connectivity index (χ3n) is 3.38. The van der Waals surface area contributed by atoms with E-state index in [9.17, 15) is 4.79 Å². The Labute approximate surface area is 99.2 Å². The zero-order valence-electron chi connectivity index (χ0n) is 9.66. The predicted molar refractivity (Wildman–Crippen MR) is 67.7 cm³/mol. The van der Waals surface area contributed by atoms with E-state index in [2.05, 4.69) is 17.2 Å². The highest BCUT2D eigenvalue weighted by Gasteiger charge is 2.34. The monoisotopic (exact) mass is 229 g/mol. The van der Waals surface area contributed by atoms with E-state index in [1.807, 2.05) is 18.2 Å². The van der Waals surface area contributed by atoms with Crippen molar-refractivity contribution in [3.63, 3.8) is 0 Å². The quantitative estimate of drug-likeness (QED) is 0.688. The van der Waals surface area contributed by atoms with Gasteiger partial charge in [0.05, 0.1) is 5.56 Å². The summed E-state index contributed by atoms with van der Waals surface area (Å²) in [5, 5.41) is 3.90. The van der Waals surface area contributed by atoms with Crippen molar-refractivity contribution in [1.29, 1.82) is 0 Å². The van der Waals surface area contributed by atoms with Gasteiger partial charge in [0, 0.05) is 28.8 Å². The molecule has 1 fully saturated rings. The number of H-pyrrole nitrogens is 1. The van der Waals surface area contributed by atoms with Gasteiger partial charge in [-0.3, -0.25) is 4.79 Å². The summed E-state index contributed by atoms with van der Waals surface area (Å²) in [4.78, 5) is 15.1. The lowest BCUT2D eigenvalue weighted by molar-refractivity contribution is 0.0951. The maximum atomic E-state index is 12.1. The van der Waals surface area contributed by atoms with Crippen molar-refractivity contribution in [2.24, 2.45) is 5.92 Å². The van der Waals surface area contributed by atoms with Gasteiger partial charge in [-0.05, 0) is 30.5 Å². The van der Waals surface area contributed by atoms with E-state index in [4.69, 9.17) is 5.73 Å². The van der Waals surface area contributed by atoms with E-state index in [0.29, 0.717) is 23.2 Å². The molecule has 0 saturated heterocycles. The van der Waals surface area contributed by atoms with E-state index >= 15 is 0 Å². The van der Waals surface area contributed by atoms with Gasteiger partial charge in [-0.15, -0.1) is 0 Å². The first-order chi connectivity index (χ1) is 8.15. The molecule has 4 N–H and O–H groups in total. The van der Waals surface area contributed by atoms with Gasteiger partial charge in [0.1, 0.15) is 0 Å². The van der Waals surface area contributed by atoms with Gasteiger partial charge in [-0.2, -0.15) is 0 Å². The number of hydrogen-bond acceptors (Lipinski definition) is 2. The van der Waals surface area contributed by atoms with Crippen molar-refractivity contribution in [3.05, 3.63) is 30.0 Å². The Morgan fingerprint density at radius 1 is 1.53 bits per heavy atom. The highest BCUT2D eigenvalue weighted by atomic mass is 16.1. The largest absolute Gasteiger partial charge is 0.399 e. The highest BCUT2D eigenvalue weighted by molar-refractivity contribution is 6.07. The molecule has 1 heterocycles. The van der Waals surface area contributed by atoms with Crippen LogP contribution in [0.2, 0.25) is 0 Å². The Hall–Kier alpha value is -1.97. The fourth-order valence-electron chi connectivity index (χ4n) is 2.10. The lowest BCUT2D eigenvalue weighted by Gasteiger charge is -2.02. The SMILES string of the molecule is CC1CC1NC(=O)c1c[nH]c2ccc(N)cc12. The summed E-state index contributed by atoms with van der Waals surface area (Å²) in [6.45, 7) is 2.14. The smallest absolute Gasteiger partial charge is 0.253 e. The third-order valence-corrected chi connectivity index (χ3v) is 3.38. The van der Waals surface area contributed by atoms with Crippen LogP contribution in [0.1, 0.15) is 23.7 Å². The lowest BCUT2D eigenvalue weighted by Crippen LogP contribution is -2.26. The van der Waals surface area contributed by atoms with Gasteiger partial charge >= 0.3 is 0 Å². The Balaban J connectivity index is 1.93. The third kappa shape index (κ3) is 1.75. The van der Waals surface area contributed by atoms with Crippen LogP contribution in [0.25, 0.3) is 10.9 Å². The van der Waals surface area contributed by atoms with Crippen LogP contribution < -0.4 is 11.1 Å². The van der Waals surface area contributed by atoms with Gasteiger partial charge in [-0.1, -0.05) is 6.92 Å². The van der Waals surface area contributed by atoms with Crippen molar-refractivity contribution in [2.45, 2.75) is 19.4 Å². The number of nitrogens with two attached hydrogens (primary N) is 1. The lowest BCUT2D eigenvalue weighted by atomic mass is 10.1. The number of rotatable bonds is 2. The van der Waals surface area contributed by atoms with Crippen molar-refractivity contribution in [3.8, 4) is 0 Å². The molecule has 4 nitrogen and oxygen atoms in total. The molecule has 4 heteroatoms. The van der Waals surface area contributed by atoms with Gasteiger partial charge < -0.3 is 16.0 Å². The highest BCUT2D eigenvalue weighted by Crippen LogP contribution is 2.30. The van der Waals surface area contributed by atoms with E-state index in [0.717, 1.165) is 17.3 Å². The Bertz CT molecular complexity index is 587. The Morgan fingerprint density at radius 2 is 2.29 bits per heavy atom. The minimum absolute atomic E-state index is 0.0174. The van der Waals surface area contributed by atoms with Gasteiger partial charge in [0.2, 0.25) is 0 Å². The van der Waals surface area contributed by atoms with Crippen LogP contribution in [-0.2, 0) is 0 Å². The minimum Gasteiger partial charge on any atom is -0.399 e. The number of aromatic amines is 1. The maximum Gasteiger partial charge on any atom is 0.253 e. The molecule has 1 saturated carbocycles. The molecule has 0 spiro atoms. The Morgan fingerprint density at radius 3 is 3.00 bits per heavy atom. The molecule has 0 radical (unpaired) electrons. The zero-order valence-corrected chi connectivity index (χ0v) is 9.66. The second kappa shape index (κ2) is 3.52. The average molecular weight is 229 g/mol. The van der Waals surface area contributed by atoms with Crippen LogP contribution >= 0.6 is 0 Å². The van der Waals surface area contributed by atoms with Gasteiger partial charge in [0.15, 0.2) is 0 Å². The molecule has 1 aromatic carbocycles. The van der Waals surface area contributed by atoms with E-state index in [1.165, 1.54) is 0 Å². The number of benzene rings is 1. The molecular weight excluding hydrogens is 214 g/mol. The van der Waals surface area contributed by atoms with Crippen LogP contribution in [0.4, 0.5) is 5.69 Å². The predicted octanol–water partition coefficient (Wildman–Crippen LogP) is 1.89. The standard InChI is InChI=1S/C13H15N3O/c1-7-4-12(7)16-13(17)10-6-15-11-3-2-8(14)5-9(10)11/h2-3,5-7,12,15H,4,14H2,1H3,(H,16,17). The van der Waals surface area contributed by atoms with Crippen LogP contribution in [0.3, 0.4) is 0 Å². The number of carbonyl (C=O) groups is 1. The molecule has 3 rings (SSSR count). The normalized spacial score (nSPS) is 22.6. The fraction of sp³-hybridized carbons (Fsp3) is 0.308. The number of amides is 1. The number of fused-ring (bicyclic) bond motifs is 1. The molecule has 1 aliphatic carbocycles. The molecule has 1 aliphatic rings. The van der Waals surface area contributed by atoms with Gasteiger partial charge in [-0.25, -0.2) is 0 Å². The molecule has 17 heavy (non-hydrogen) atoms. The first kappa shape index (κ1) is 10.2. The number of anilines is 1. The molecule has 1 amide bonds. The van der Waals surface area contributed by atoms with E-state index < -0.39 is 0 Å². The summed E-state index contributed by atoms with van der Waals surface area (Å²) in [7, 11) is 0. The molecule has 1 aromatic heterocycles. The van der Waals surface area contributed by atoms with Crippen LogP contribution in [0.5, 0.6) is 0 Å². The van der Waals surface area contributed by atoms with Gasteiger partial charge in [0.25, 0.3) is 5.91 Å². The summed E-state index contributed by atoms with van der Waals surface area (Å²) < 4.78 is 0. The first-order valence-electron chi connectivity index (χ1n) is 5.82. The second-order valence-electron chi connectivity index (χ2n) is 4.80. The van der Waals surface area contributed by atoms with Crippen LogP contribution in [0, 0.1) is 5.92 Å². The first-order valence-corrected chi connectivity index (χ1v) is 5.82. The van der Waals surface area contributed by atoms with E-state index in [1.54, 1.807) is 6.20 Å². The number of aromatic nitrogens is 1. The fourth-order valence-corrected chi connectivity index (χ4v) is 2.10. The molecule has 0 aliphatic heterocycles. The molecule has 2 unspecified atom stereocenters. The van der Waals surface area contributed by atoms with Crippen LogP contribution in [-0.4, -0.2) is 16.9 Å².